The molecule has 1 aromatic heterocycles. The number of aryl methyl sites for hydroxylation is 2. The predicted octanol–water partition coefficient (Wildman–Crippen LogP) is 2.31. The molecular formula is C16H18N2O2. The number of hydrogen-bond acceptors (Lipinski definition) is 3. The van der Waals surface area contributed by atoms with Crippen LogP contribution in [0, 0.1) is 6.92 Å². The average molecular weight is 270 g/mol. The molecular weight excluding hydrogens is 252 g/mol. The van der Waals surface area contributed by atoms with E-state index in [1.54, 1.807) is 6.26 Å². The molecule has 2 heterocycles. The summed E-state index contributed by atoms with van der Waals surface area (Å²) < 4.78 is 5.30. The zero-order valence-corrected chi connectivity index (χ0v) is 11.5. The average Bonchev–Trinajstić information content (AvgIpc) is 2.80. The third-order valence-electron chi connectivity index (χ3n) is 3.76. The number of amides is 1. The van der Waals surface area contributed by atoms with Crippen LogP contribution < -0.4 is 11.1 Å². The Bertz CT molecular complexity index is 646. The molecule has 3 N–H and O–H groups in total. The molecule has 0 bridgehead atoms. The van der Waals surface area contributed by atoms with Crippen molar-refractivity contribution in [1.29, 1.82) is 0 Å². The Morgan fingerprint density at radius 1 is 1.30 bits per heavy atom. The molecule has 1 aromatic carbocycles. The maximum atomic E-state index is 12.1. The highest BCUT2D eigenvalue weighted by molar-refractivity contribution is 5.96. The van der Waals surface area contributed by atoms with E-state index in [4.69, 9.17) is 10.2 Å². The zero-order valence-electron chi connectivity index (χ0n) is 11.5. The summed E-state index contributed by atoms with van der Waals surface area (Å²) in [6, 6.07) is 7.58. The summed E-state index contributed by atoms with van der Waals surface area (Å²) in [4.78, 5) is 12.1. The van der Waals surface area contributed by atoms with Gasteiger partial charge >= 0.3 is 0 Å². The molecule has 20 heavy (non-hydrogen) atoms. The third kappa shape index (κ3) is 2.34. The first-order valence-electron chi connectivity index (χ1n) is 6.87. The first-order valence-corrected chi connectivity index (χ1v) is 6.87. The van der Waals surface area contributed by atoms with Crippen LogP contribution in [-0.4, -0.2) is 12.5 Å². The van der Waals surface area contributed by atoms with Gasteiger partial charge in [0.15, 0.2) is 0 Å². The lowest BCUT2D eigenvalue weighted by Gasteiger charge is -2.13. The molecule has 0 radical (unpaired) electrons. The fourth-order valence-electron chi connectivity index (χ4n) is 2.61. The van der Waals surface area contributed by atoms with Crippen LogP contribution in [0.3, 0.4) is 0 Å². The summed E-state index contributed by atoms with van der Waals surface area (Å²) in [5, 5.41) is 2.91. The fourth-order valence-corrected chi connectivity index (χ4v) is 2.61. The Morgan fingerprint density at radius 2 is 2.15 bits per heavy atom. The molecule has 1 aliphatic rings. The summed E-state index contributed by atoms with van der Waals surface area (Å²) >= 11 is 0. The molecule has 0 spiro atoms. The molecule has 104 valence electrons. The quantitative estimate of drug-likeness (QED) is 0.880. The topological polar surface area (TPSA) is 68.3 Å². The van der Waals surface area contributed by atoms with E-state index in [0.717, 1.165) is 47.4 Å². The summed E-state index contributed by atoms with van der Waals surface area (Å²) in [6.07, 6.45) is 3.57. The van der Waals surface area contributed by atoms with E-state index in [1.807, 2.05) is 31.2 Å². The fraction of sp³-hybridized carbons (Fsp3) is 0.312. The maximum absolute atomic E-state index is 12.1. The van der Waals surface area contributed by atoms with Crippen molar-refractivity contribution < 1.29 is 9.21 Å². The smallest absolute Gasteiger partial charge is 0.251 e. The van der Waals surface area contributed by atoms with Crippen LogP contribution in [0.15, 0.2) is 34.9 Å². The zero-order chi connectivity index (χ0) is 14.1. The molecule has 0 saturated heterocycles. The SMILES string of the molecule is Cc1cc(C(N)c2ccc3c(c2)C(=O)NCCC3)co1. The van der Waals surface area contributed by atoms with Gasteiger partial charge in [0.25, 0.3) is 5.91 Å². The summed E-state index contributed by atoms with van der Waals surface area (Å²) in [5.41, 5.74) is 9.96. The van der Waals surface area contributed by atoms with Crippen LogP contribution in [0.4, 0.5) is 0 Å². The van der Waals surface area contributed by atoms with Crippen molar-refractivity contribution in [3.05, 3.63) is 58.5 Å². The number of benzene rings is 1. The number of carbonyl (C=O) groups is 1. The van der Waals surface area contributed by atoms with Gasteiger partial charge in [0, 0.05) is 17.7 Å². The van der Waals surface area contributed by atoms with Crippen LogP contribution in [0.25, 0.3) is 0 Å². The van der Waals surface area contributed by atoms with Crippen LogP contribution in [-0.2, 0) is 6.42 Å². The van der Waals surface area contributed by atoms with Gasteiger partial charge in [0.1, 0.15) is 5.76 Å². The number of carbonyl (C=O) groups excluding carboxylic acids is 1. The lowest BCUT2D eigenvalue weighted by atomic mass is 9.95. The molecule has 0 saturated carbocycles. The molecule has 0 fully saturated rings. The molecule has 1 atom stereocenters. The third-order valence-corrected chi connectivity index (χ3v) is 3.76. The molecule has 0 aliphatic carbocycles. The minimum absolute atomic E-state index is 0.00470. The largest absolute Gasteiger partial charge is 0.469 e. The molecule has 4 nitrogen and oxygen atoms in total. The Labute approximate surface area is 118 Å². The molecule has 3 rings (SSSR count). The molecule has 1 unspecified atom stereocenters. The Balaban J connectivity index is 1.97. The van der Waals surface area contributed by atoms with E-state index in [0.29, 0.717) is 0 Å². The predicted molar refractivity (Wildman–Crippen MR) is 76.6 cm³/mol. The molecule has 4 heteroatoms. The lowest BCUT2D eigenvalue weighted by Crippen LogP contribution is -2.23. The van der Waals surface area contributed by atoms with Crippen molar-refractivity contribution in [3.63, 3.8) is 0 Å². The van der Waals surface area contributed by atoms with Crippen LogP contribution in [0.2, 0.25) is 0 Å². The summed E-state index contributed by atoms with van der Waals surface area (Å²) in [6.45, 7) is 2.62. The van der Waals surface area contributed by atoms with E-state index in [-0.39, 0.29) is 11.9 Å². The van der Waals surface area contributed by atoms with E-state index in [9.17, 15) is 4.79 Å². The van der Waals surface area contributed by atoms with Gasteiger partial charge in [0.2, 0.25) is 0 Å². The first-order chi connectivity index (χ1) is 9.65. The minimum atomic E-state index is -0.270. The van der Waals surface area contributed by atoms with Gasteiger partial charge in [-0.25, -0.2) is 0 Å². The first kappa shape index (κ1) is 12.9. The number of nitrogens with one attached hydrogen (secondary N) is 1. The van der Waals surface area contributed by atoms with Crippen molar-refractivity contribution in [3.8, 4) is 0 Å². The van der Waals surface area contributed by atoms with Crippen molar-refractivity contribution in [2.75, 3.05) is 6.54 Å². The highest BCUT2D eigenvalue weighted by Gasteiger charge is 2.18. The van der Waals surface area contributed by atoms with Gasteiger partial charge in [-0.1, -0.05) is 12.1 Å². The number of furan rings is 1. The Hall–Kier alpha value is -2.07. The van der Waals surface area contributed by atoms with Gasteiger partial charge < -0.3 is 15.5 Å². The number of fused-ring (bicyclic) bond motifs is 1. The van der Waals surface area contributed by atoms with Crippen molar-refractivity contribution in [2.45, 2.75) is 25.8 Å². The van der Waals surface area contributed by atoms with Crippen molar-refractivity contribution in [2.24, 2.45) is 5.73 Å². The standard InChI is InChI=1S/C16H18N2O2/c1-10-7-13(9-20-10)15(17)12-5-4-11-3-2-6-18-16(19)14(11)8-12/h4-5,7-9,15H,2-3,6,17H2,1H3,(H,18,19). The van der Waals surface area contributed by atoms with Gasteiger partial charge in [-0.15, -0.1) is 0 Å². The highest BCUT2D eigenvalue weighted by atomic mass is 16.3. The van der Waals surface area contributed by atoms with Gasteiger partial charge in [0.05, 0.1) is 12.3 Å². The van der Waals surface area contributed by atoms with Gasteiger partial charge in [-0.05, 0) is 43.0 Å². The van der Waals surface area contributed by atoms with Gasteiger partial charge in [-0.2, -0.15) is 0 Å². The number of hydrogen-bond donors (Lipinski definition) is 2. The summed E-state index contributed by atoms with van der Waals surface area (Å²) in [5.74, 6) is 0.831. The van der Waals surface area contributed by atoms with Crippen LogP contribution >= 0.6 is 0 Å². The lowest BCUT2D eigenvalue weighted by molar-refractivity contribution is 0.0956. The van der Waals surface area contributed by atoms with E-state index >= 15 is 0 Å². The van der Waals surface area contributed by atoms with E-state index in [2.05, 4.69) is 5.32 Å². The number of nitrogens with two attached hydrogens (primary N) is 1. The highest BCUT2D eigenvalue weighted by Crippen LogP contribution is 2.25. The second-order valence-corrected chi connectivity index (χ2v) is 5.24. The monoisotopic (exact) mass is 270 g/mol. The van der Waals surface area contributed by atoms with E-state index < -0.39 is 0 Å². The van der Waals surface area contributed by atoms with Gasteiger partial charge in [-0.3, -0.25) is 4.79 Å². The normalized spacial score (nSPS) is 16.2. The Morgan fingerprint density at radius 3 is 2.90 bits per heavy atom. The Kier molecular flexibility index (Phi) is 3.32. The second-order valence-electron chi connectivity index (χ2n) is 5.24. The number of rotatable bonds is 2. The molecule has 1 amide bonds. The van der Waals surface area contributed by atoms with E-state index in [1.165, 1.54) is 0 Å². The minimum Gasteiger partial charge on any atom is -0.469 e. The maximum Gasteiger partial charge on any atom is 0.251 e. The second kappa shape index (κ2) is 5.13. The molecule has 1 aliphatic heterocycles. The van der Waals surface area contributed by atoms with Crippen molar-refractivity contribution >= 4 is 5.91 Å². The van der Waals surface area contributed by atoms with Crippen LogP contribution in [0.1, 0.15) is 45.3 Å². The van der Waals surface area contributed by atoms with Crippen LogP contribution in [0.5, 0.6) is 0 Å². The molecule has 2 aromatic rings. The van der Waals surface area contributed by atoms with Crippen molar-refractivity contribution in [1.82, 2.24) is 5.32 Å². The summed E-state index contributed by atoms with van der Waals surface area (Å²) in [7, 11) is 0.